The summed E-state index contributed by atoms with van der Waals surface area (Å²) in [5.74, 6) is -4.55. The van der Waals surface area contributed by atoms with Crippen molar-refractivity contribution in [3.63, 3.8) is 0 Å². The Balaban J connectivity index is 1.49. The molecular weight excluding hydrogens is 484 g/mol. The Morgan fingerprint density at radius 2 is 1.95 bits per heavy atom. The number of furan rings is 1. The number of hydrogen-bond donors (Lipinski definition) is 3. The lowest BCUT2D eigenvalue weighted by Gasteiger charge is -2.63. The monoisotopic (exact) mass is 516 g/mol. The first-order valence-corrected chi connectivity index (χ1v) is 12.9. The van der Waals surface area contributed by atoms with Crippen LogP contribution in [0, 0.1) is 34.0 Å². The highest BCUT2D eigenvalue weighted by atomic mass is 16.6. The average molecular weight is 517 g/mol. The van der Waals surface area contributed by atoms with Gasteiger partial charge in [-0.1, -0.05) is 20.8 Å². The summed E-state index contributed by atoms with van der Waals surface area (Å²) in [5.41, 5.74) is -7.81. The zero-order chi connectivity index (χ0) is 26.6. The lowest BCUT2D eigenvalue weighted by Crippen LogP contribution is -2.72. The number of aliphatic hydroxyl groups is 3. The fourth-order valence-corrected chi connectivity index (χ4v) is 10.7. The Bertz CT molecular complexity index is 1240. The number of ketones is 1. The normalized spacial score (nSPS) is 55.6. The second kappa shape index (κ2) is 6.47. The van der Waals surface area contributed by atoms with Crippen molar-refractivity contribution in [1.29, 1.82) is 0 Å². The molecule has 6 aliphatic rings. The van der Waals surface area contributed by atoms with Gasteiger partial charge in [-0.15, -0.1) is 0 Å². The Kier molecular flexibility index (Phi) is 4.17. The number of carbonyl (C=O) groups excluding carboxylic acids is 3. The zero-order valence-electron chi connectivity index (χ0n) is 21.2. The van der Waals surface area contributed by atoms with Crippen LogP contribution in [0.1, 0.15) is 58.1 Å². The van der Waals surface area contributed by atoms with Crippen molar-refractivity contribution in [3.05, 3.63) is 24.2 Å². The van der Waals surface area contributed by atoms with Gasteiger partial charge in [0.2, 0.25) is 0 Å². The lowest BCUT2D eigenvalue weighted by atomic mass is 9.45. The minimum absolute atomic E-state index is 0.0280. The first kappa shape index (κ1) is 23.8. The quantitative estimate of drug-likeness (QED) is 0.497. The van der Waals surface area contributed by atoms with E-state index in [1.807, 2.05) is 6.92 Å². The largest absolute Gasteiger partial charge is 0.472 e. The van der Waals surface area contributed by atoms with Gasteiger partial charge >= 0.3 is 11.9 Å². The molecule has 2 aliphatic heterocycles. The fraction of sp³-hybridized carbons (Fsp3) is 0.741. The van der Waals surface area contributed by atoms with Gasteiger partial charge in [-0.25, -0.2) is 4.79 Å². The summed E-state index contributed by atoms with van der Waals surface area (Å²) in [6, 6.07) is 1.71. The van der Waals surface area contributed by atoms with Crippen LogP contribution in [0.3, 0.4) is 0 Å². The van der Waals surface area contributed by atoms with E-state index in [0.717, 1.165) is 7.11 Å². The molecule has 0 unspecified atom stereocenters. The Morgan fingerprint density at radius 1 is 1.22 bits per heavy atom. The predicted molar refractivity (Wildman–Crippen MR) is 121 cm³/mol. The van der Waals surface area contributed by atoms with Crippen LogP contribution in [0.2, 0.25) is 0 Å². The predicted octanol–water partition coefficient (Wildman–Crippen LogP) is 1.06. The molecule has 2 saturated heterocycles. The molecule has 0 radical (unpaired) electrons. The second-order valence-corrected chi connectivity index (χ2v) is 12.9. The van der Waals surface area contributed by atoms with Gasteiger partial charge in [-0.3, -0.25) is 9.59 Å². The number of carbonyl (C=O) groups is 3. The molecule has 2 bridgehead atoms. The van der Waals surface area contributed by atoms with Crippen molar-refractivity contribution in [2.75, 3.05) is 7.11 Å². The van der Waals surface area contributed by atoms with Crippen molar-refractivity contribution in [3.8, 4) is 0 Å². The number of aliphatic hydroxyl groups excluding tert-OH is 1. The van der Waals surface area contributed by atoms with Gasteiger partial charge in [-0.2, -0.15) is 0 Å². The van der Waals surface area contributed by atoms with E-state index in [1.165, 1.54) is 12.5 Å². The van der Waals surface area contributed by atoms with Crippen molar-refractivity contribution >= 4 is 17.7 Å². The van der Waals surface area contributed by atoms with Crippen LogP contribution >= 0.6 is 0 Å². The van der Waals surface area contributed by atoms with E-state index in [4.69, 9.17) is 18.6 Å². The minimum atomic E-state index is -1.79. The number of methoxy groups -OCH3 is 1. The summed E-state index contributed by atoms with van der Waals surface area (Å²) in [5, 5.41) is 36.8. The SMILES string of the molecule is COC(=O)[C@H](O)[C@@H]1[C@@]2(C)[C@H]3CC[C@@]4(C)[C@H](c5ccoc5)OC(=O)C[C@@]45O[C@H]4C(=O)[C@@]1(C)C[C@]2(O)[C@@H]4[C@@]35O. The standard InChI is InChI=1S/C27H32O10/c1-22-11-25(32)18-16(19(22)30)37-26-9-14(28)36-20(12-6-8-35-10-12)23(26,2)7-5-13(27(18,26)33)24(25,3)17(22)15(29)21(31)34-4/h6,8,10,13,15-18,20,29,32-33H,5,7,9,11H2,1-4H3/t13-,15-,16-,17+,18-,20+,22+,23+,24-,25+,26-,27+/m1/s1. The molecule has 3 N–H and O–H groups in total. The molecule has 4 aliphatic carbocycles. The molecule has 12 atom stereocenters. The Hall–Kier alpha value is -2.27. The molecule has 4 saturated carbocycles. The molecule has 10 nitrogen and oxygen atoms in total. The van der Waals surface area contributed by atoms with Gasteiger partial charge in [0.15, 0.2) is 11.9 Å². The lowest BCUT2D eigenvalue weighted by molar-refractivity contribution is -0.295. The van der Waals surface area contributed by atoms with Crippen LogP contribution in [0.25, 0.3) is 0 Å². The molecule has 0 aromatic carbocycles. The van der Waals surface area contributed by atoms with E-state index in [9.17, 15) is 29.7 Å². The third-order valence-corrected chi connectivity index (χ3v) is 11.9. The van der Waals surface area contributed by atoms with Gasteiger partial charge in [0, 0.05) is 27.7 Å². The Labute approximate surface area is 213 Å². The van der Waals surface area contributed by atoms with Gasteiger partial charge in [0.05, 0.1) is 37.6 Å². The fourth-order valence-electron chi connectivity index (χ4n) is 10.7. The van der Waals surface area contributed by atoms with E-state index in [-0.39, 0.29) is 18.6 Å². The minimum Gasteiger partial charge on any atom is -0.472 e. The maximum Gasteiger partial charge on any atom is 0.335 e. The van der Waals surface area contributed by atoms with E-state index in [1.54, 1.807) is 19.9 Å². The summed E-state index contributed by atoms with van der Waals surface area (Å²) in [6.07, 6.45) is -0.164. The third kappa shape index (κ3) is 2.08. The summed E-state index contributed by atoms with van der Waals surface area (Å²) in [6.45, 7) is 5.34. The highest BCUT2D eigenvalue weighted by Crippen LogP contribution is 2.85. The van der Waals surface area contributed by atoms with Crippen molar-refractivity contribution in [1.82, 2.24) is 0 Å². The molecule has 1 aromatic rings. The molecular formula is C27H32O10. The molecule has 200 valence electrons. The first-order chi connectivity index (χ1) is 17.3. The van der Waals surface area contributed by atoms with Crippen LogP contribution in [0.4, 0.5) is 0 Å². The molecule has 1 aromatic heterocycles. The van der Waals surface area contributed by atoms with Gasteiger partial charge in [-0.05, 0) is 31.2 Å². The molecule has 10 heteroatoms. The van der Waals surface area contributed by atoms with Gasteiger partial charge in [0.25, 0.3) is 0 Å². The van der Waals surface area contributed by atoms with Crippen LogP contribution < -0.4 is 0 Å². The Morgan fingerprint density at radius 3 is 2.59 bits per heavy atom. The van der Waals surface area contributed by atoms with E-state index in [2.05, 4.69) is 0 Å². The molecule has 7 rings (SSSR count). The summed E-state index contributed by atoms with van der Waals surface area (Å²) < 4.78 is 22.7. The number of cyclic esters (lactones) is 1. The molecule has 3 heterocycles. The first-order valence-electron chi connectivity index (χ1n) is 12.9. The zero-order valence-corrected chi connectivity index (χ0v) is 21.2. The topological polar surface area (TPSA) is 153 Å². The number of Topliss-reactive ketones (excluding diaryl/α,β-unsaturated/α-hetero) is 1. The van der Waals surface area contributed by atoms with Crippen molar-refractivity contribution in [2.24, 2.45) is 34.0 Å². The summed E-state index contributed by atoms with van der Waals surface area (Å²) >= 11 is 0. The average Bonchev–Trinajstić information content (AvgIpc) is 3.52. The van der Waals surface area contributed by atoms with Crippen molar-refractivity contribution < 1.29 is 48.3 Å². The number of rotatable bonds is 3. The molecule has 37 heavy (non-hydrogen) atoms. The summed E-state index contributed by atoms with van der Waals surface area (Å²) in [4.78, 5) is 40.1. The van der Waals surface area contributed by atoms with Crippen LogP contribution in [-0.2, 0) is 28.6 Å². The highest BCUT2D eigenvalue weighted by Gasteiger charge is 2.95. The highest BCUT2D eigenvalue weighted by molar-refractivity contribution is 5.94. The molecule has 1 spiro atoms. The maximum atomic E-state index is 14.2. The van der Waals surface area contributed by atoms with Crippen LogP contribution in [0.5, 0.6) is 0 Å². The van der Waals surface area contributed by atoms with E-state index in [0.29, 0.717) is 18.4 Å². The van der Waals surface area contributed by atoms with E-state index >= 15 is 0 Å². The number of esters is 2. The number of fused-ring (bicyclic) bond motifs is 2. The second-order valence-electron chi connectivity index (χ2n) is 12.9. The van der Waals surface area contributed by atoms with Gasteiger partial charge < -0.3 is 33.9 Å². The van der Waals surface area contributed by atoms with E-state index < -0.39 is 81.1 Å². The maximum absolute atomic E-state index is 14.2. The smallest absolute Gasteiger partial charge is 0.335 e. The third-order valence-electron chi connectivity index (χ3n) is 11.9. The van der Waals surface area contributed by atoms with Crippen LogP contribution in [0.15, 0.2) is 23.0 Å². The van der Waals surface area contributed by atoms with Gasteiger partial charge in [0.1, 0.15) is 23.4 Å². The summed E-state index contributed by atoms with van der Waals surface area (Å²) in [7, 11) is 1.16. The van der Waals surface area contributed by atoms with Crippen molar-refractivity contribution in [2.45, 2.75) is 81.6 Å². The van der Waals surface area contributed by atoms with Crippen LogP contribution in [-0.4, -0.2) is 69.2 Å². The number of ether oxygens (including phenoxy) is 3. The molecule has 6 fully saturated rings. The molecule has 0 amide bonds. The number of hydrogen-bond acceptors (Lipinski definition) is 10.